The summed E-state index contributed by atoms with van der Waals surface area (Å²) in [5.41, 5.74) is 0.638. The fourth-order valence-corrected chi connectivity index (χ4v) is 3.19. The first kappa shape index (κ1) is 15.6. The lowest BCUT2D eigenvalue weighted by atomic mass is 10.3. The molecule has 0 amide bonds. The lowest BCUT2D eigenvalue weighted by Crippen LogP contribution is -2.20. The van der Waals surface area contributed by atoms with Gasteiger partial charge in [-0.2, -0.15) is 0 Å². The summed E-state index contributed by atoms with van der Waals surface area (Å²) >= 11 is 1.30. The Morgan fingerprint density at radius 3 is 2.78 bits per heavy atom. The van der Waals surface area contributed by atoms with E-state index in [1.54, 1.807) is 30.5 Å². The average Bonchev–Trinajstić information content (AvgIpc) is 2.90. The summed E-state index contributed by atoms with van der Waals surface area (Å²) in [5.74, 6) is -0.234. The van der Waals surface area contributed by atoms with Crippen LogP contribution in [0.1, 0.15) is 0 Å². The van der Waals surface area contributed by atoms with Gasteiger partial charge in [0.25, 0.3) is 5.56 Å². The van der Waals surface area contributed by atoms with E-state index in [-0.39, 0.29) is 5.56 Å². The van der Waals surface area contributed by atoms with Crippen molar-refractivity contribution >= 4 is 32.8 Å². The van der Waals surface area contributed by atoms with Gasteiger partial charge in [-0.1, -0.05) is 23.9 Å². The summed E-state index contributed by atoms with van der Waals surface area (Å²) < 4.78 is 27.3. The van der Waals surface area contributed by atoms with E-state index < -0.39 is 16.0 Å². The number of benzene rings is 1. The van der Waals surface area contributed by atoms with Gasteiger partial charge in [-0.25, -0.2) is 18.5 Å². The van der Waals surface area contributed by atoms with Crippen molar-refractivity contribution in [2.24, 2.45) is 5.14 Å². The molecule has 0 aliphatic heterocycles. The number of nitrogens with two attached hydrogens (primary N) is 1. The number of primary sulfonamides is 1. The number of aromatic amines is 2. The fraction of sp³-hybridized carbons (Fsp3) is 0.0769. The van der Waals surface area contributed by atoms with E-state index in [0.29, 0.717) is 21.7 Å². The van der Waals surface area contributed by atoms with Gasteiger partial charge >= 0.3 is 0 Å². The Morgan fingerprint density at radius 1 is 1.22 bits per heavy atom. The zero-order valence-electron chi connectivity index (χ0n) is 11.6. The zero-order chi connectivity index (χ0) is 16.4. The standard InChI is InChI=1S/C13H12N4O4S2/c14-23(19,20)7-21-8-3-1-2-4-9(8)22-10-5-15-12-11(10)16-6-17-13(12)18/h1-6,15H,7H2,(H2,14,19,20)(H,16,17,18). The summed E-state index contributed by atoms with van der Waals surface area (Å²) in [6.45, 7) is 0. The second-order valence-corrected chi connectivity index (χ2v) is 7.23. The molecule has 0 aliphatic rings. The van der Waals surface area contributed by atoms with Crippen molar-refractivity contribution in [1.29, 1.82) is 0 Å². The van der Waals surface area contributed by atoms with Crippen LogP contribution in [0, 0.1) is 0 Å². The van der Waals surface area contributed by atoms with Crippen molar-refractivity contribution in [1.82, 2.24) is 15.0 Å². The predicted octanol–water partition coefficient (Wildman–Crippen LogP) is 1.03. The number of nitrogens with zero attached hydrogens (tertiary/aromatic N) is 1. The smallest absolute Gasteiger partial charge is 0.275 e. The second-order valence-electron chi connectivity index (χ2n) is 4.58. The van der Waals surface area contributed by atoms with Crippen molar-refractivity contribution in [3.63, 3.8) is 0 Å². The van der Waals surface area contributed by atoms with Crippen LogP contribution in [0.15, 0.2) is 51.4 Å². The molecule has 0 spiro atoms. The van der Waals surface area contributed by atoms with E-state index in [0.717, 1.165) is 4.90 Å². The highest BCUT2D eigenvalue weighted by atomic mass is 32.2. The molecule has 2 heterocycles. The molecule has 2 aromatic heterocycles. The second kappa shape index (κ2) is 6.07. The molecule has 10 heteroatoms. The van der Waals surface area contributed by atoms with Crippen molar-refractivity contribution in [3.05, 3.63) is 47.1 Å². The molecule has 3 rings (SSSR count). The molecular weight excluding hydrogens is 340 g/mol. The van der Waals surface area contributed by atoms with Crippen LogP contribution in [-0.2, 0) is 10.0 Å². The van der Waals surface area contributed by atoms with E-state index in [2.05, 4.69) is 15.0 Å². The van der Waals surface area contributed by atoms with Gasteiger partial charge < -0.3 is 14.7 Å². The summed E-state index contributed by atoms with van der Waals surface area (Å²) in [5, 5.41) is 4.95. The first-order chi connectivity index (χ1) is 10.9. The van der Waals surface area contributed by atoms with Gasteiger partial charge in [0, 0.05) is 6.20 Å². The number of sulfonamides is 1. The third-order valence-electron chi connectivity index (χ3n) is 2.88. The molecule has 23 heavy (non-hydrogen) atoms. The van der Waals surface area contributed by atoms with Crippen molar-refractivity contribution < 1.29 is 13.2 Å². The quantitative estimate of drug-likeness (QED) is 0.628. The molecule has 0 unspecified atom stereocenters. The van der Waals surface area contributed by atoms with Gasteiger partial charge in [0.2, 0.25) is 16.0 Å². The lowest BCUT2D eigenvalue weighted by molar-refractivity contribution is 0.368. The lowest BCUT2D eigenvalue weighted by Gasteiger charge is -2.09. The number of aromatic nitrogens is 3. The number of hydrogen-bond acceptors (Lipinski definition) is 6. The van der Waals surface area contributed by atoms with E-state index in [9.17, 15) is 13.2 Å². The Labute approximate surface area is 135 Å². The third-order valence-corrected chi connectivity index (χ3v) is 4.42. The van der Waals surface area contributed by atoms with Gasteiger partial charge in [0.1, 0.15) is 16.8 Å². The van der Waals surface area contributed by atoms with Crippen LogP contribution < -0.4 is 15.4 Å². The Kier molecular flexibility index (Phi) is 4.11. The van der Waals surface area contributed by atoms with Crippen molar-refractivity contribution in [2.75, 3.05) is 5.94 Å². The van der Waals surface area contributed by atoms with E-state index in [1.165, 1.54) is 18.1 Å². The minimum atomic E-state index is -3.74. The predicted molar refractivity (Wildman–Crippen MR) is 85.9 cm³/mol. The Bertz CT molecular complexity index is 1010. The summed E-state index contributed by atoms with van der Waals surface area (Å²) in [4.78, 5) is 22.6. The summed E-state index contributed by atoms with van der Waals surface area (Å²) in [6, 6.07) is 6.93. The minimum Gasteiger partial charge on any atom is -0.475 e. The van der Waals surface area contributed by atoms with Crippen LogP contribution in [0.5, 0.6) is 5.75 Å². The summed E-state index contributed by atoms with van der Waals surface area (Å²) in [6.07, 6.45) is 2.99. The van der Waals surface area contributed by atoms with Gasteiger partial charge in [-0.05, 0) is 12.1 Å². The van der Waals surface area contributed by atoms with E-state index in [1.807, 2.05) is 0 Å². The van der Waals surface area contributed by atoms with Crippen LogP contribution in [-0.4, -0.2) is 29.3 Å². The highest BCUT2D eigenvalue weighted by Crippen LogP contribution is 2.37. The van der Waals surface area contributed by atoms with Crippen LogP contribution in [0.25, 0.3) is 11.0 Å². The SMILES string of the molecule is NS(=O)(=O)COc1ccccc1Sc1c[nH]c2c(=O)[nH]cnc12. The van der Waals surface area contributed by atoms with Crippen LogP contribution in [0.2, 0.25) is 0 Å². The number of hydrogen-bond donors (Lipinski definition) is 3. The highest BCUT2D eigenvalue weighted by Gasteiger charge is 2.13. The van der Waals surface area contributed by atoms with Crippen molar-refractivity contribution in [3.8, 4) is 5.75 Å². The molecule has 8 nitrogen and oxygen atoms in total. The maximum atomic E-state index is 11.7. The van der Waals surface area contributed by atoms with Crippen LogP contribution in [0.3, 0.4) is 0 Å². The molecule has 0 saturated heterocycles. The van der Waals surface area contributed by atoms with E-state index in [4.69, 9.17) is 9.88 Å². The van der Waals surface area contributed by atoms with Gasteiger partial charge in [-0.15, -0.1) is 0 Å². The maximum absolute atomic E-state index is 11.7. The Hall–Kier alpha value is -2.30. The molecule has 0 bridgehead atoms. The fourth-order valence-electron chi connectivity index (χ4n) is 1.92. The molecule has 0 radical (unpaired) electrons. The normalized spacial score (nSPS) is 11.7. The van der Waals surface area contributed by atoms with Gasteiger partial charge in [-0.3, -0.25) is 4.79 Å². The first-order valence-electron chi connectivity index (χ1n) is 6.39. The first-order valence-corrected chi connectivity index (χ1v) is 8.92. The molecule has 0 fully saturated rings. The average molecular weight is 352 g/mol. The molecule has 0 aliphatic carbocycles. The number of H-pyrrole nitrogens is 2. The number of fused-ring (bicyclic) bond motifs is 1. The van der Waals surface area contributed by atoms with Crippen LogP contribution in [0.4, 0.5) is 0 Å². The molecule has 3 aromatic rings. The van der Waals surface area contributed by atoms with Gasteiger partial charge in [0.15, 0.2) is 0 Å². The monoisotopic (exact) mass is 352 g/mol. The van der Waals surface area contributed by atoms with Gasteiger partial charge in [0.05, 0.1) is 16.1 Å². The molecule has 120 valence electrons. The zero-order valence-corrected chi connectivity index (χ0v) is 13.3. The Balaban J connectivity index is 1.93. The summed E-state index contributed by atoms with van der Waals surface area (Å²) in [7, 11) is -3.74. The van der Waals surface area contributed by atoms with Crippen LogP contribution >= 0.6 is 11.8 Å². The largest absolute Gasteiger partial charge is 0.475 e. The topological polar surface area (TPSA) is 131 Å². The maximum Gasteiger partial charge on any atom is 0.275 e. The van der Waals surface area contributed by atoms with E-state index >= 15 is 0 Å². The molecule has 1 aromatic carbocycles. The number of ether oxygens (including phenoxy) is 1. The third kappa shape index (κ3) is 3.55. The molecular formula is C13H12N4O4S2. The Morgan fingerprint density at radius 2 is 2.00 bits per heavy atom. The number of rotatable bonds is 5. The molecule has 0 saturated carbocycles. The molecule has 4 N–H and O–H groups in total. The number of nitrogens with one attached hydrogen (secondary N) is 2. The van der Waals surface area contributed by atoms with Crippen molar-refractivity contribution in [2.45, 2.75) is 9.79 Å². The minimum absolute atomic E-state index is 0.263. The number of para-hydroxylation sites is 1. The molecule has 0 atom stereocenters. The highest BCUT2D eigenvalue weighted by molar-refractivity contribution is 7.99.